The van der Waals surface area contributed by atoms with Crippen molar-refractivity contribution in [2.24, 2.45) is 0 Å². The number of aromatic amines is 1. The normalized spacial score (nSPS) is 26.6. The third-order valence-electron chi connectivity index (χ3n) is 4.56. The molecule has 1 aliphatic heterocycles. The highest BCUT2D eigenvalue weighted by Crippen LogP contribution is 2.31. The van der Waals surface area contributed by atoms with Crippen molar-refractivity contribution in [2.45, 2.75) is 63.8 Å². The van der Waals surface area contributed by atoms with Gasteiger partial charge in [-0.2, -0.15) is 0 Å². The number of hydrogen-bond acceptors (Lipinski definition) is 7. The minimum Gasteiger partial charge on any atom is -0.394 e. The number of H-pyrrole nitrogens is 1. The van der Waals surface area contributed by atoms with E-state index in [1.165, 1.54) is 10.8 Å². The third-order valence-corrected chi connectivity index (χ3v) is 4.56. The van der Waals surface area contributed by atoms with Gasteiger partial charge in [0.05, 0.1) is 18.8 Å². The summed E-state index contributed by atoms with van der Waals surface area (Å²) >= 11 is 0. The summed E-state index contributed by atoms with van der Waals surface area (Å²) in [5.74, 6) is -0.114. The summed E-state index contributed by atoms with van der Waals surface area (Å²) in [6.45, 7) is 7.00. The van der Waals surface area contributed by atoms with E-state index < -0.39 is 48.0 Å². The van der Waals surface area contributed by atoms with Gasteiger partial charge in [-0.3, -0.25) is 14.3 Å². The quantitative estimate of drug-likeness (QED) is 0.601. The fourth-order valence-electron chi connectivity index (χ4n) is 2.73. The summed E-state index contributed by atoms with van der Waals surface area (Å²) in [5, 5.41) is 19.9. The summed E-state index contributed by atoms with van der Waals surface area (Å²) in [6, 6.07) is 0. The van der Waals surface area contributed by atoms with Crippen LogP contribution in [0.2, 0.25) is 0 Å². The number of aliphatic hydroxyl groups excluding tert-OH is 2. The number of rotatable bonds is 7. The molecule has 3 N–H and O–H groups in total. The molecule has 1 fully saturated rings. The number of ether oxygens (including phenoxy) is 3. The predicted octanol–water partition coefficient (Wildman–Crippen LogP) is -0.279. The number of nitrogens with one attached hydrogen (secondary N) is 1. The zero-order valence-corrected chi connectivity index (χ0v) is 15.8. The van der Waals surface area contributed by atoms with Gasteiger partial charge in [0, 0.05) is 18.9 Å². The molecule has 0 amide bonds. The number of aliphatic hydroxyl groups is 2. The second-order valence-electron chi connectivity index (χ2n) is 7.38. The van der Waals surface area contributed by atoms with Crippen LogP contribution in [0.1, 0.15) is 45.4 Å². The molecule has 1 aromatic rings. The number of nitrogens with zero attached hydrogens (tertiary/aromatic N) is 1. The maximum atomic E-state index is 12.3. The molecular formula is C17H28N2O7. The van der Waals surface area contributed by atoms with Crippen LogP contribution in [-0.2, 0) is 14.2 Å². The number of hydrogen-bond donors (Lipinski definition) is 3. The molecule has 1 saturated heterocycles. The zero-order valence-electron chi connectivity index (χ0n) is 15.8. The molecular weight excluding hydrogens is 344 g/mol. The van der Waals surface area contributed by atoms with Crippen molar-refractivity contribution in [3.05, 3.63) is 32.6 Å². The van der Waals surface area contributed by atoms with E-state index in [2.05, 4.69) is 4.98 Å². The van der Waals surface area contributed by atoms with Crippen LogP contribution in [0.3, 0.4) is 0 Å². The molecule has 9 nitrogen and oxygen atoms in total. The second-order valence-corrected chi connectivity index (χ2v) is 7.38. The Balaban J connectivity index is 2.40. The van der Waals surface area contributed by atoms with Crippen LogP contribution in [0.25, 0.3) is 0 Å². The molecule has 4 atom stereocenters. The smallest absolute Gasteiger partial charge is 0.330 e. The third kappa shape index (κ3) is 4.24. The Labute approximate surface area is 151 Å². The van der Waals surface area contributed by atoms with Gasteiger partial charge in [-0.15, -0.1) is 0 Å². The number of methoxy groups -OCH3 is 1. The van der Waals surface area contributed by atoms with Gasteiger partial charge in [-0.05, 0) is 19.8 Å². The van der Waals surface area contributed by atoms with E-state index in [9.17, 15) is 19.8 Å². The highest BCUT2D eigenvalue weighted by Gasteiger charge is 2.46. The van der Waals surface area contributed by atoms with Gasteiger partial charge in [0.1, 0.15) is 18.3 Å². The maximum absolute atomic E-state index is 12.3. The highest BCUT2D eigenvalue weighted by molar-refractivity contribution is 5.10. The van der Waals surface area contributed by atoms with E-state index >= 15 is 0 Å². The monoisotopic (exact) mass is 372 g/mol. The van der Waals surface area contributed by atoms with Crippen molar-refractivity contribution < 1.29 is 24.4 Å². The van der Waals surface area contributed by atoms with Crippen LogP contribution in [0, 0.1) is 0 Å². The van der Waals surface area contributed by atoms with Crippen molar-refractivity contribution >= 4 is 0 Å². The first-order chi connectivity index (χ1) is 12.1. The van der Waals surface area contributed by atoms with Crippen LogP contribution in [0.15, 0.2) is 15.8 Å². The minimum absolute atomic E-state index is 0.114. The molecule has 1 aromatic heterocycles. The van der Waals surface area contributed by atoms with Gasteiger partial charge in [0.15, 0.2) is 6.23 Å². The first kappa shape index (κ1) is 20.8. The summed E-state index contributed by atoms with van der Waals surface area (Å²) in [7, 11) is 1.54. The molecule has 26 heavy (non-hydrogen) atoms. The molecule has 9 heteroatoms. The predicted molar refractivity (Wildman–Crippen MR) is 93.2 cm³/mol. The first-order valence-electron chi connectivity index (χ1n) is 8.57. The Bertz CT molecular complexity index is 725. The Hall–Kier alpha value is -1.52. The van der Waals surface area contributed by atoms with Crippen LogP contribution >= 0.6 is 0 Å². The van der Waals surface area contributed by atoms with E-state index in [1.807, 2.05) is 27.7 Å². The Morgan fingerprint density at radius 3 is 2.58 bits per heavy atom. The lowest BCUT2D eigenvalue weighted by atomic mass is 10.1. The molecule has 1 aliphatic rings. The van der Waals surface area contributed by atoms with E-state index in [1.54, 1.807) is 7.11 Å². The molecule has 0 aromatic carbocycles. The summed E-state index contributed by atoms with van der Waals surface area (Å²) in [5.41, 5.74) is -1.34. The fraction of sp³-hybridized carbons (Fsp3) is 0.765. The lowest BCUT2D eigenvalue weighted by molar-refractivity contribution is -0.120. The minimum atomic E-state index is -1.14. The Morgan fingerprint density at radius 1 is 1.38 bits per heavy atom. The SMILES string of the molecule is COC(C)(C)COC1C(O)C(CO)OC1n1cc(C(C)C)c(=O)[nH]c1=O. The van der Waals surface area contributed by atoms with Crippen molar-refractivity contribution in [2.75, 3.05) is 20.3 Å². The maximum Gasteiger partial charge on any atom is 0.330 e. The van der Waals surface area contributed by atoms with E-state index in [-0.39, 0.29) is 12.5 Å². The topological polar surface area (TPSA) is 123 Å². The van der Waals surface area contributed by atoms with Gasteiger partial charge in [0.25, 0.3) is 5.56 Å². The van der Waals surface area contributed by atoms with Crippen molar-refractivity contribution in [1.29, 1.82) is 0 Å². The summed E-state index contributed by atoms with van der Waals surface area (Å²) < 4.78 is 17.9. The van der Waals surface area contributed by atoms with Gasteiger partial charge >= 0.3 is 5.69 Å². The Morgan fingerprint density at radius 2 is 2.04 bits per heavy atom. The molecule has 2 heterocycles. The molecule has 0 spiro atoms. The standard InChI is InChI=1S/C17H28N2O7/c1-9(2)10-6-19(16(23)18-14(10)22)15-13(12(21)11(7-20)26-15)25-8-17(3,4)24-5/h6,9,11-13,15,20-21H,7-8H2,1-5H3,(H,18,22,23). The highest BCUT2D eigenvalue weighted by atomic mass is 16.6. The van der Waals surface area contributed by atoms with Gasteiger partial charge in [-0.25, -0.2) is 4.79 Å². The fourth-order valence-corrected chi connectivity index (χ4v) is 2.73. The molecule has 0 saturated carbocycles. The lowest BCUT2D eigenvalue weighted by Crippen LogP contribution is -2.42. The Kier molecular flexibility index (Phi) is 6.41. The largest absolute Gasteiger partial charge is 0.394 e. The molecule has 0 radical (unpaired) electrons. The lowest BCUT2D eigenvalue weighted by Gasteiger charge is -2.28. The average molecular weight is 372 g/mol. The second kappa shape index (κ2) is 8.01. The van der Waals surface area contributed by atoms with Crippen LogP contribution < -0.4 is 11.2 Å². The number of aromatic nitrogens is 2. The van der Waals surface area contributed by atoms with Gasteiger partial charge in [-0.1, -0.05) is 13.8 Å². The van der Waals surface area contributed by atoms with E-state index in [0.717, 1.165) is 0 Å². The average Bonchev–Trinajstić information content (AvgIpc) is 2.88. The van der Waals surface area contributed by atoms with Crippen molar-refractivity contribution in [1.82, 2.24) is 9.55 Å². The van der Waals surface area contributed by atoms with Crippen LogP contribution in [0.5, 0.6) is 0 Å². The van der Waals surface area contributed by atoms with Crippen LogP contribution in [0.4, 0.5) is 0 Å². The van der Waals surface area contributed by atoms with Crippen molar-refractivity contribution in [3.63, 3.8) is 0 Å². The molecule has 4 unspecified atom stereocenters. The summed E-state index contributed by atoms with van der Waals surface area (Å²) in [6.07, 6.45) is -2.53. The van der Waals surface area contributed by atoms with E-state index in [4.69, 9.17) is 14.2 Å². The zero-order chi connectivity index (χ0) is 19.6. The van der Waals surface area contributed by atoms with Gasteiger partial charge < -0.3 is 24.4 Å². The molecule has 0 aliphatic carbocycles. The summed E-state index contributed by atoms with van der Waals surface area (Å²) in [4.78, 5) is 26.5. The first-order valence-corrected chi connectivity index (χ1v) is 8.57. The molecule has 0 bridgehead atoms. The molecule has 148 valence electrons. The van der Waals surface area contributed by atoms with E-state index in [0.29, 0.717) is 5.56 Å². The van der Waals surface area contributed by atoms with Gasteiger partial charge in [0.2, 0.25) is 0 Å². The molecule has 2 rings (SSSR count). The van der Waals surface area contributed by atoms with Crippen LogP contribution in [-0.4, -0.2) is 64.0 Å². The van der Waals surface area contributed by atoms with Crippen molar-refractivity contribution in [3.8, 4) is 0 Å².